The summed E-state index contributed by atoms with van der Waals surface area (Å²) in [5.41, 5.74) is 33.3. The summed E-state index contributed by atoms with van der Waals surface area (Å²) < 4.78 is 5.42. The molecule has 0 saturated carbocycles. The highest BCUT2D eigenvalue weighted by Crippen LogP contribution is 2.50. The number of hydrogen-bond acceptors (Lipinski definition) is 3. The molecule has 84 heavy (non-hydrogen) atoms. The van der Waals surface area contributed by atoms with E-state index in [2.05, 4.69) is 239 Å². The van der Waals surface area contributed by atoms with Gasteiger partial charge in [0.2, 0.25) is 0 Å². The Kier molecular flexibility index (Phi) is 11.4. The number of fused-ring (bicyclic) bond motifs is 10. The number of nitrogens with zero attached hydrogens (tertiary/aromatic N) is 5. The molecule has 13 aromatic rings. The van der Waals surface area contributed by atoms with Gasteiger partial charge in [-0.05, 0) is 203 Å². The van der Waals surface area contributed by atoms with E-state index in [4.69, 9.17) is 15.0 Å². The molecule has 0 radical (unpaired) electrons. The third-order valence-corrected chi connectivity index (χ3v) is 18.5. The fourth-order valence-corrected chi connectivity index (χ4v) is 14.8. The van der Waals surface area contributed by atoms with E-state index < -0.39 is 0 Å². The van der Waals surface area contributed by atoms with Crippen molar-refractivity contribution in [2.45, 2.75) is 101 Å². The third kappa shape index (κ3) is 7.86. The lowest BCUT2D eigenvalue weighted by Crippen LogP contribution is -2.55. The Hall–Kier alpha value is -9.13. The Balaban J connectivity index is 1.08. The van der Waals surface area contributed by atoms with Crippen molar-refractivity contribution >= 4 is 61.4 Å². The maximum atomic E-state index is 5.24. The van der Waals surface area contributed by atoms with Crippen molar-refractivity contribution < 1.29 is 0 Å². The van der Waals surface area contributed by atoms with Gasteiger partial charge in [-0.15, -0.1) is 0 Å². The van der Waals surface area contributed by atoms with Crippen LogP contribution in [0.3, 0.4) is 0 Å². The minimum atomic E-state index is -0.146. The first-order valence-corrected chi connectivity index (χ1v) is 29.9. The lowest BCUT2D eigenvalue weighted by molar-refractivity contribution is 0.590. The van der Waals surface area contributed by atoms with E-state index in [1.54, 1.807) is 0 Å². The Morgan fingerprint density at radius 2 is 0.881 bits per heavy atom. The Morgan fingerprint density at radius 1 is 0.369 bits per heavy atom. The molecule has 408 valence electrons. The van der Waals surface area contributed by atoms with E-state index in [9.17, 15) is 0 Å². The Morgan fingerprint density at radius 3 is 1.49 bits per heavy atom. The predicted molar refractivity (Wildman–Crippen MR) is 356 cm³/mol. The van der Waals surface area contributed by atoms with Gasteiger partial charge in [-0.3, -0.25) is 0 Å². The molecule has 0 unspecified atom stereocenters. The summed E-state index contributed by atoms with van der Waals surface area (Å²) in [6.45, 7) is 29.9. The molecule has 0 saturated heterocycles. The molecule has 2 aliphatic rings. The number of aryl methyl sites for hydroxylation is 6. The molecular weight excluding hydrogens is 1020 g/mol. The van der Waals surface area contributed by atoms with E-state index in [-0.39, 0.29) is 17.7 Å². The average Bonchev–Trinajstić information content (AvgIpc) is 2.55. The molecule has 5 heterocycles. The highest BCUT2D eigenvalue weighted by Gasteiger charge is 2.44. The van der Waals surface area contributed by atoms with Gasteiger partial charge in [-0.2, -0.15) is 0 Å². The zero-order valence-corrected chi connectivity index (χ0v) is 50.6. The van der Waals surface area contributed by atoms with Crippen molar-refractivity contribution in [3.05, 3.63) is 226 Å². The normalized spacial score (nSPS) is 12.8. The van der Waals surface area contributed by atoms with Crippen molar-refractivity contribution in [3.63, 3.8) is 0 Å². The first kappa shape index (κ1) is 51.7. The zero-order chi connectivity index (χ0) is 58.0. The van der Waals surface area contributed by atoms with Crippen LogP contribution in [0.4, 0.5) is 0 Å². The van der Waals surface area contributed by atoms with Crippen LogP contribution in [0.25, 0.3) is 128 Å². The lowest BCUT2D eigenvalue weighted by atomic mass is 9.45. The Bertz CT molecular complexity index is 4880. The molecule has 15 rings (SSSR count). The van der Waals surface area contributed by atoms with Gasteiger partial charge in [0.05, 0.1) is 11.0 Å². The van der Waals surface area contributed by atoms with Crippen LogP contribution in [0.15, 0.2) is 176 Å². The average molecular weight is 1090 g/mol. The van der Waals surface area contributed by atoms with Crippen LogP contribution in [-0.2, 0) is 10.8 Å². The molecule has 0 atom stereocenters. The quantitative estimate of drug-likeness (QED) is 0.156. The van der Waals surface area contributed by atoms with E-state index in [1.807, 2.05) is 36.4 Å². The molecule has 5 nitrogen and oxygen atoms in total. The maximum absolute atomic E-state index is 5.24. The van der Waals surface area contributed by atoms with Crippen LogP contribution in [0.2, 0.25) is 0 Å². The maximum Gasteiger partial charge on any atom is 0.333 e. The van der Waals surface area contributed by atoms with Crippen molar-refractivity contribution in [1.29, 1.82) is 0 Å². The first-order valence-electron chi connectivity index (χ1n) is 29.9. The van der Waals surface area contributed by atoms with Crippen LogP contribution in [-0.4, -0.2) is 30.8 Å². The van der Waals surface area contributed by atoms with Gasteiger partial charge < -0.3 is 9.05 Å². The van der Waals surface area contributed by atoms with E-state index >= 15 is 0 Å². The van der Waals surface area contributed by atoms with Crippen LogP contribution in [0.1, 0.15) is 91.6 Å². The fourth-order valence-electron chi connectivity index (χ4n) is 14.8. The highest BCUT2D eigenvalue weighted by molar-refractivity contribution is 6.90. The van der Waals surface area contributed by atoms with Crippen LogP contribution in [0, 0.1) is 48.5 Å². The SMILES string of the molecule is Cc1cc(C)c(-c2ccc3c(c2)c2cc(-c4c(C)cc(C)cc4C)cc4c2n3-c2cc(-c3cccc(-c5nc(-c6ccccc6)nc(-c6ccccc6)n5)c3)c(C)c3c2B4n2c4ccc(C(C)(C)C)cc4c4cc(C(C)(C)C)cc-3c42)c(C)c1. The van der Waals surface area contributed by atoms with Crippen LogP contribution >= 0.6 is 0 Å². The van der Waals surface area contributed by atoms with Gasteiger partial charge in [0.25, 0.3) is 0 Å². The summed E-state index contributed by atoms with van der Waals surface area (Å²) in [4.78, 5) is 15.6. The van der Waals surface area contributed by atoms with Crippen LogP contribution < -0.4 is 10.9 Å². The molecule has 2 aliphatic heterocycles. The van der Waals surface area contributed by atoms with Crippen molar-refractivity contribution in [2.75, 3.05) is 0 Å². The lowest BCUT2D eigenvalue weighted by Gasteiger charge is -2.36. The molecule has 6 heteroatoms. The molecular formula is C78H68BN5. The van der Waals surface area contributed by atoms with Crippen LogP contribution in [0.5, 0.6) is 0 Å². The predicted octanol–water partition coefficient (Wildman–Crippen LogP) is 18.8. The van der Waals surface area contributed by atoms with Gasteiger partial charge in [0.1, 0.15) is 0 Å². The molecule has 10 aromatic carbocycles. The topological polar surface area (TPSA) is 48.5 Å². The zero-order valence-electron chi connectivity index (χ0n) is 50.6. The molecule has 0 fully saturated rings. The van der Waals surface area contributed by atoms with Gasteiger partial charge in [0.15, 0.2) is 17.5 Å². The first-order chi connectivity index (χ1) is 40.3. The molecule has 3 aromatic heterocycles. The largest absolute Gasteiger partial charge is 0.375 e. The van der Waals surface area contributed by atoms with E-state index in [0.717, 1.165) is 22.3 Å². The monoisotopic (exact) mass is 1090 g/mol. The molecule has 0 amide bonds. The number of benzene rings is 10. The smallest absolute Gasteiger partial charge is 0.333 e. The second-order valence-electron chi connectivity index (χ2n) is 26.5. The summed E-state index contributed by atoms with van der Waals surface area (Å²) in [5.74, 6) is 1.93. The van der Waals surface area contributed by atoms with Crippen molar-refractivity contribution in [3.8, 4) is 84.4 Å². The standard InChI is InChI=1S/C78H68BN5/c1-43-31-45(3)68(46(4)32-43)53-27-29-65-59(36-53)61-37-55(69-47(5)33-44(2)34-48(69)6)38-64-73(61)83(65)67-42-58(52-25-20-26-54(35-52)76-81-74(50-21-16-14-17-22-50)80-75(82-76)51-23-18-15-19-24-51)49(7)70-63-41-57(78(11,12)13)40-62-60-39-56(77(8,9)10)28-30-66(60)84(72(62)63)79(64)71(67)70/h14-42H,1-13H3. The Labute approximate surface area is 493 Å². The minimum Gasteiger partial charge on any atom is -0.375 e. The molecule has 0 bridgehead atoms. The third-order valence-electron chi connectivity index (χ3n) is 18.5. The summed E-state index contributed by atoms with van der Waals surface area (Å²) in [5, 5.41) is 5.15. The van der Waals surface area contributed by atoms with Gasteiger partial charge >= 0.3 is 6.85 Å². The van der Waals surface area contributed by atoms with E-state index in [1.165, 1.54) is 149 Å². The molecule has 0 spiro atoms. The molecule has 0 aliphatic carbocycles. The summed E-state index contributed by atoms with van der Waals surface area (Å²) >= 11 is 0. The highest BCUT2D eigenvalue weighted by atomic mass is 15.0. The summed E-state index contributed by atoms with van der Waals surface area (Å²) in [6, 6.07) is 66.2. The van der Waals surface area contributed by atoms with Gasteiger partial charge in [-0.1, -0.05) is 174 Å². The fraction of sp³-hybridized carbons (Fsp3) is 0.192. The number of rotatable bonds is 6. The number of aromatic nitrogens is 5. The molecule has 0 N–H and O–H groups in total. The van der Waals surface area contributed by atoms with Crippen molar-refractivity contribution in [2.24, 2.45) is 0 Å². The number of hydrogen-bond donors (Lipinski definition) is 0. The second-order valence-corrected chi connectivity index (χ2v) is 26.5. The van der Waals surface area contributed by atoms with Crippen molar-refractivity contribution in [1.82, 2.24) is 24.0 Å². The van der Waals surface area contributed by atoms with E-state index in [0.29, 0.717) is 17.5 Å². The summed E-state index contributed by atoms with van der Waals surface area (Å²) in [7, 11) is 0. The second kappa shape index (κ2) is 18.4. The van der Waals surface area contributed by atoms with Gasteiger partial charge in [-0.25, -0.2) is 15.0 Å². The van der Waals surface area contributed by atoms with Gasteiger partial charge in [0, 0.05) is 60.5 Å². The summed E-state index contributed by atoms with van der Waals surface area (Å²) in [6.07, 6.45) is 0. The minimum absolute atomic E-state index is 0.0402.